The van der Waals surface area contributed by atoms with E-state index in [1.54, 1.807) is 7.11 Å². The van der Waals surface area contributed by atoms with Gasteiger partial charge in [-0.05, 0) is 11.3 Å². The minimum Gasteiger partial charge on any atom is -0.379 e. The third kappa shape index (κ3) is 4.94. The van der Waals surface area contributed by atoms with E-state index in [0.29, 0.717) is 12.5 Å². The third-order valence-corrected chi connectivity index (χ3v) is 2.74. The number of hydrogen-bond acceptors (Lipinski definition) is 3. The smallest absolute Gasteiger partial charge is 0.237 e. The molecule has 16 heavy (non-hydrogen) atoms. The van der Waals surface area contributed by atoms with E-state index >= 15 is 0 Å². The van der Waals surface area contributed by atoms with Crippen molar-refractivity contribution >= 4 is 5.91 Å². The summed E-state index contributed by atoms with van der Waals surface area (Å²) >= 11 is 0. The van der Waals surface area contributed by atoms with E-state index in [9.17, 15) is 4.79 Å². The molecule has 0 fully saturated rings. The van der Waals surface area contributed by atoms with Crippen molar-refractivity contribution < 1.29 is 9.53 Å². The SMILES string of the molecule is COC(CNC(=O)[C@@H](N)C(C)(C)C)C(C)C. The second-order valence-corrected chi connectivity index (χ2v) is 5.61. The van der Waals surface area contributed by atoms with Crippen LogP contribution in [0.15, 0.2) is 0 Å². The lowest BCUT2D eigenvalue weighted by atomic mass is 9.87. The molecule has 0 spiro atoms. The van der Waals surface area contributed by atoms with E-state index in [0.717, 1.165) is 0 Å². The summed E-state index contributed by atoms with van der Waals surface area (Å²) in [5, 5.41) is 2.83. The van der Waals surface area contributed by atoms with Gasteiger partial charge in [-0.15, -0.1) is 0 Å². The monoisotopic (exact) mass is 230 g/mol. The zero-order valence-corrected chi connectivity index (χ0v) is 11.3. The zero-order chi connectivity index (χ0) is 12.9. The second kappa shape index (κ2) is 6.21. The summed E-state index contributed by atoms with van der Waals surface area (Å²) in [7, 11) is 1.65. The fraction of sp³-hybridized carbons (Fsp3) is 0.917. The van der Waals surface area contributed by atoms with Crippen LogP contribution >= 0.6 is 0 Å². The maximum Gasteiger partial charge on any atom is 0.237 e. The van der Waals surface area contributed by atoms with Crippen LogP contribution in [-0.4, -0.2) is 31.7 Å². The Hall–Kier alpha value is -0.610. The Labute approximate surface area is 98.9 Å². The van der Waals surface area contributed by atoms with Crippen molar-refractivity contribution in [1.82, 2.24) is 5.32 Å². The molecule has 0 radical (unpaired) electrons. The average Bonchev–Trinajstić information content (AvgIpc) is 2.15. The maximum absolute atomic E-state index is 11.7. The number of rotatable bonds is 5. The number of nitrogens with one attached hydrogen (secondary N) is 1. The van der Waals surface area contributed by atoms with Crippen LogP contribution in [0.5, 0.6) is 0 Å². The van der Waals surface area contributed by atoms with Crippen molar-refractivity contribution in [2.24, 2.45) is 17.1 Å². The fourth-order valence-corrected chi connectivity index (χ4v) is 1.30. The van der Waals surface area contributed by atoms with Crippen molar-refractivity contribution in [1.29, 1.82) is 0 Å². The maximum atomic E-state index is 11.7. The molecule has 0 rings (SSSR count). The van der Waals surface area contributed by atoms with E-state index in [4.69, 9.17) is 10.5 Å². The van der Waals surface area contributed by atoms with E-state index in [1.807, 2.05) is 20.8 Å². The predicted octanol–water partition coefficient (Wildman–Crippen LogP) is 1.15. The minimum atomic E-state index is -0.489. The van der Waals surface area contributed by atoms with Crippen molar-refractivity contribution in [3.05, 3.63) is 0 Å². The molecule has 0 aliphatic heterocycles. The van der Waals surface area contributed by atoms with Gasteiger partial charge in [0.1, 0.15) is 0 Å². The number of carbonyl (C=O) groups excluding carboxylic acids is 1. The zero-order valence-electron chi connectivity index (χ0n) is 11.3. The molecule has 0 saturated carbocycles. The van der Waals surface area contributed by atoms with Gasteiger partial charge in [-0.1, -0.05) is 34.6 Å². The van der Waals surface area contributed by atoms with E-state index in [2.05, 4.69) is 19.2 Å². The molecule has 0 aromatic rings. The van der Waals surface area contributed by atoms with Crippen molar-refractivity contribution in [3.63, 3.8) is 0 Å². The largest absolute Gasteiger partial charge is 0.379 e. The normalized spacial score (nSPS) is 16.0. The van der Waals surface area contributed by atoms with Crippen molar-refractivity contribution in [3.8, 4) is 0 Å². The highest BCUT2D eigenvalue weighted by Crippen LogP contribution is 2.17. The summed E-state index contributed by atoms with van der Waals surface area (Å²) in [6, 6.07) is -0.489. The first-order chi connectivity index (χ1) is 7.20. The molecule has 0 heterocycles. The Kier molecular flexibility index (Phi) is 5.97. The molecule has 4 nitrogen and oxygen atoms in total. The number of hydrogen-bond donors (Lipinski definition) is 2. The number of ether oxygens (including phenoxy) is 1. The molecular weight excluding hydrogens is 204 g/mol. The van der Waals surface area contributed by atoms with E-state index in [-0.39, 0.29) is 17.4 Å². The van der Waals surface area contributed by atoms with Gasteiger partial charge in [0.2, 0.25) is 5.91 Å². The molecule has 1 amide bonds. The summed E-state index contributed by atoms with van der Waals surface area (Å²) < 4.78 is 5.27. The molecule has 0 aromatic carbocycles. The highest BCUT2D eigenvalue weighted by atomic mass is 16.5. The Morgan fingerprint density at radius 2 is 1.88 bits per heavy atom. The first-order valence-electron chi connectivity index (χ1n) is 5.76. The van der Waals surface area contributed by atoms with Crippen LogP contribution in [0.25, 0.3) is 0 Å². The Morgan fingerprint density at radius 3 is 2.19 bits per heavy atom. The summed E-state index contributed by atoms with van der Waals surface area (Å²) in [6.45, 7) is 10.5. The predicted molar refractivity (Wildman–Crippen MR) is 66.1 cm³/mol. The number of nitrogens with two attached hydrogens (primary N) is 1. The number of amides is 1. The molecule has 0 saturated heterocycles. The second-order valence-electron chi connectivity index (χ2n) is 5.61. The first-order valence-corrected chi connectivity index (χ1v) is 5.76. The molecule has 2 atom stereocenters. The molecule has 3 N–H and O–H groups in total. The lowest BCUT2D eigenvalue weighted by Gasteiger charge is -2.27. The van der Waals surface area contributed by atoms with Crippen LogP contribution in [0.2, 0.25) is 0 Å². The fourth-order valence-electron chi connectivity index (χ4n) is 1.30. The topological polar surface area (TPSA) is 64.3 Å². The third-order valence-electron chi connectivity index (χ3n) is 2.74. The number of methoxy groups -OCH3 is 1. The van der Waals surface area contributed by atoms with Gasteiger partial charge in [0.15, 0.2) is 0 Å². The quantitative estimate of drug-likeness (QED) is 0.744. The van der Waals surface area contributed by atoms with Gasteiger partial charge in [-0.25, -0.2) is 0 Å². The first kappa shape index (κ1) is 15.4. The van der Waals surface area contributed by atoms with Crippen LogP contribution in [-0.2, 0) is 9.53 Å². The lowest BCUT2D eigenvalue weighted by Crippen LogP contribution is -2.50. The van der Waals surface area contributed by atoms with Crippen molar-refractivity contribution in [2.75, 3.05) is 13.7 Å². The standard InChI is InChI=1S/C12H26N2O2/c1-8(2)9(16-6)7-14-11(15)10(13)12(3,4)5/h8-10H,7,13H2,1-6H3,(H,14,15)/t9?,10-/m1/s1. The summed E-state index contributed by atoms with van der Waals surface area (Å²) in [5.41, 5.74) is 5.63. The molecule has 0 aliphatic rings. The van der Waals surface area contributed by atoms with Crippen molar-refractivity contribution in [2.45, 2.75) is 46.8 Å². The molecule has 96 valence electrons. The minimum absolute atomic E-state index is 0.0381. The molecular formula is C12H26N2O2. The molecule has 0 aliphatic carbocycles. The van der Waals surface area contributed by atoms with E-state index in [1.165, 1.54) is 0 Å². The molecule has 0 bridgehead atoms. The Morgan fingerprint density at radius 1 is 1.38 bits per heavy atom. The van der Waals surface area contributed by atoms with Gasteiger partial charge in [-0.3, -0.25) is 4.79 Å². The van der Waals surface area contributed by atoms with Gasteiger partial charge in [0.05, 0.1) is 12.1 Å². The molecule has 0 aromatic heterocycles. The van der Waals surface area contributed by atoms with Crippen LogP contribution in [0.3, 0.4) is 0 Å². The van der Waals surface area contributed by atoms with Gasteiger partial charge >= 0.3 is 0 Å². The number of carbonyl (C=O) groups is 1. The molecule has 4 heteroatoms. The van der Waals surface area contributed by atoms with Gasteiger partial charge in [0.25, 0.3) is 0 Å². The summed E-state index contributed by atoms with van der Waals surface area (Å²) in [4.78, 5) is 11.7. The Balaban J connectivity index is 4.16. The van der Waals surface area contributed by atoms with Gasteiger partial charge in [-0.2, -0.15) is 0 Å². The van der Waals surface area contributed by atoms with Crippen LogP contribution < -0.4 is 11.1 Å². The molecule has 1 unspecified atom stereocenters. The van der Waals surface area contributed by atoms with Crippen LogP contribution in [0.1, 0.15) is 34.6 Å². The van der Waals surface area contributed by atoms with Crippen LogP contribution in [0.4, 0.5) is 0 Å². The van der Waals surface area contributed by atoms with Gasteiger partial charge in [0, 0.05) is 13.7 Å². The average molecular weight is 230 g/mol. The summed E-state index contributed by atoms with van der Waals surface area (Å²) in [5.74, 6) is 0.256. The highest BCUT2D eigenvalue weighted by molar-refractivity contribution is 5.82. The Bertz CT molecular complexity index is 222. The van der Waals surface area contributed by atoms with Crippen LogP contribution in [0, 0.1) is 11.3 Å². The highest BCUT2D eigenvalue weighted by Gasteiger charge is 2.27. The lowest BCUT2D eigenvalue weighted by molar-refractivity contribution is -0.125. The van der Waals surface area contributed by atoms with Gasteiger partial charge < -0.3 is 15.8 Å². The van der Waals surface area contributed by atoms with E-state index < -0.39 is 6.04 Å². The summed E-state index contributed by atoms with van der Waals surface area (Å²) in [6.07, 6.45) is 0.0381.